The third-order valence-corrected chi connectivity index (χ3v) is 10.3. The highest BCUT2D eigenvalue weighted by Crippen LogP contribution is 2.13. The first-order valence-corrected chi connectivity index (χ1v) is 25.4. The van der Waals surface area contributed by atoms with Gasteiger partial charge in [-0.05, 0) is 89.9 Å². The molecule has 1 unspecified atom stereocenters. The number of hydrogen-bond acceptors (Lipinski definition) is 6. The average molecular weight is 873 g/mol. The Morgan fingerprint density at radius 1 is 0.333 bits per heavy atom. The standard InChI is InChI=1S/C57H92O6/c1-4-7-10-13-14-15-16-17-18-19-20-21-22-23-24-25-26-27-28-29-30-31-32-33-34-35-36-37-38-39-40-41-42-45-47-50-56(59)62-53-54(63-57(60)51-48-44-12-9-6-3)52-61-55(58)49-46-43-11-8-5-2/h7,10,14-15,17-18,20-21,23-24,26-27,29-30,32-33,35-36,54H,4-6,8-9,11-13,16,19,22,25,28,31,34,37-53H2,1-3H3/b10-7-,15-14-,18-17-,21-20-,24-23-,27-26-,30-29-,33-32-,36-35-. The molecule has 6 nitrogen and oxygen atoms in total. The molecule has 0 aliphatic carbocycles. The van der Waals surface area contributed by atoms with Crippen LogP contribution in [0.25, 0.3) is 0 Å². The van der Waals surface area contributed by atoms with E-state index in [0.717, 1.165) is 141 Å². The van der Waals surface area contributed by atoms with Crippen LogP contribution in [0.4, 0.5) is 0 Å². The molecule has 0 rings (SSSR count). The fraction of sp³-hybridized carbons (Fsp3) is 0.632. The van der Waals surface area contributed by atoms with Crippen LogP contribution in [-0.4, -0.2) is 37.2 Å². The molecule has 1 atom stereocenters. The Kier molecular flexibility index (Phi) is 47.5. The first kappa shape index (κ1) is 59.1. The molecule has 0 heterocycles. The van der Waals surface area contributed by atoms with Crippen molar-refractivity contribution in [1.82, 2.24) is 0 Å². The predicted molar refractivity (Wildman–Crippen MR) is 270 cm³/mol. The second-order valence-corrected chi connectivity index (χ2v) is 16.4. The predicted octanol–water partition coefficient (Wildman–Crippen LogP) is 16.8. The van der Waals surface area contributed by atoms with Gasteiger partial charge in [0.25, 0.3) is 0 Å². The van der Waals surface area contributed by atoms with E-state index in [0.29, 0.717) is 19.3 Å². The van der Waals surface area contributed by atoms with E-state index >= 15 is 0 Å². The van der Waals surface area contributed by atoms with Crippen molar-refractivity contribution in [3.05, 3.63) is 109 Å². The van der Waals surface area contributed by atoms with Crippen molar-refractivity contribution < 1.29 is 28.6 Å². The molecule has 0 saturated carbocycles. The molecule has 0 aromatic rings. The molecule has 0 spiro atoms. The van der Waals surface area contributed by atoms with Crippen LogP contribution in [0.2, 0.25) is 0 Å². The SMILES string of the molecule is CC/C=C\C/C=C\C/C=C\C/C=C\C/C=C\C/C=C\C/C=C\C/C=C\C/C=C\CCCCCCCCCC(=O)OCC(COC(=O)CCCCCCC)OC(=O)CCCCCCC. The number of allylic oxidation sites excluding steroid dienone is 18. The van der Waals surface area contributed by atoms with Crippen LogP contribution >= 0.6 is 0 Å². The lowest BCUT2D eigenvalue weighted by Gasteiger charge is -2.18. The minimum Gasteiger partial charge on any atom is -0.462 e. The second kappa shape index (κ2) is 50.7. The largest absolute Gasteiger partial charge is 0.462 e. The van der Waals surface area contributed by atoms with E-state index in [1.54, 1.807) is 0 Å². The summed E-state index contributed by atoms with van der Waals surface area (Å²) < 4.78 is 16.5. The van der Waals surface area contributed by atoms with Crippen LogP contribution < -0.4 is 0 Å². The van der Waals surface area contributed by atoms with E-state index in [4.69, 9.17) is 14.2 Å². The van der Waals surface area contributed by atoms with E-state index in [2.05, 4.69) is 130 Å². The van der Waals surface area contributed by atoms with Gasteiger partial charge in [-0.1, -0.05) is 214 Å². The number of esters is 3. The Morgan fingerprint density at radius 2 is 0.619 bits per heavy atom. The molecule has 0 bridgehead atoms. The van der Waals surface area contributed by atoms with Crippen LogP contribution in [0.15, 0.2) is 109 Å². The number of carbonyl (C=O) groups excluding carboxylic acids is 3. The second-order valence-electron chi connectivity index (χ2n) is 16.4. The monoisotopic (exact) mass is 873 g/mol. The van der Waals surface area contributed by atoms with Crippen molar-refractivity contribution in [2.24, 2.45) is 0 Å². The Balaban J connectivity index is 3.93. The Hall–Kier alpha value is -3.93. The lowest BCUT2D eigenvalue weighted by Crippen LogP contribution is -2.30. The topological polar surface area (TPSA) is 78.9 Å². The summed E-state index contributed by atoms with van der Waals surface area (Å²) in [6, 6.07) is 0. The molecule has 0 aromatic carbocycles. The Morgan fingerprint density at radius 3 is 0.968 bits per heavy atom. The highest BCUT2D eigenvalue weighted by atomic mass is 16.6. The normalized spacial score (nSPS) is 13.0. The fourth-order valence-electron chi connectivity index (χ4n) is 6.49. The van der Waals surface area contributed by atoms with Crippen LogP contribution in [0.3, 0.4) is 0 Å². The van der Waals surface area contributed by atoms with Crippen molar-refractivity contribution in [2.75, 3.05) is 13.2 Å². The van der Waals surface area contributed by atoms with Crippen LogP contribution in [0, 0.1) is 0 Å². The van der Waals surface area contributed by atoms with Gasteiger partial charge < -0.3 is 14.2 Å². The van der Waals surface area contributed by atoms with Gasteiger partial charge in [0.15, 0.2) is 6.10 Å². The van der Waals surface area contributed by atoms with Crippen LogP contribution in [0.1, 0.15) is 213 Å². The van der Waals surface area contributed by atoms with Gasteiger partial charge in [-0.2, -0.15) is 0 Å². The molecule has 6 heteroatoms. The smallest absolute Gasteiger partial charge is 0.306 e. The molecule has 63 heavy (non-hydrogen) atoms. The van der Waals surface area contributed by atoms with Crippen LogP contribution in [-0.2, 0) is 28.6 Å². The van der Waals surface area contributed by atoms with Gasteiger partial charge in [0, 0.05) is 19.3 Å². The van der Waals surface area contributed by atoms with E-state index in [-0.39, 0.29) is 31.1 Å². The van der Waals surface area contributed by atoms with Gasteiger partial charge in [0.05, 0.1) is 0 Å². The number of carbonyl (C=O) groups is 3. The van der Waals surface area contributed by atoms with Crippen molar-refractivity contribution in [3.63, 3.8) is 0 Å². The maximum absolute atomic E-state index is 12.5. The summed E-state index contributed by atoms with van der Waals surface area (Å²) in [5, 5.41) is 0. The number of unbranched alkanes of at least 4 members (excludes halogenated alkanes) is 15. The zero-order chi connectivity index (χ0) is 45.8. The molecule has 0 aliphatic rings. The zero-order valence-corrected chi connectivity index (χ0v) is 40.5. The van der Waals surface area contributed by atoms with Crippen LogP contribution in [0.5, 0.6) is 0 Å². The quantitative estimate of drug-likeness (QED) is 0.0263. The molecule has 0 aromatic heterocycles. The average Bonchev–Trinajstić information content (AvgIpc) is 3.28. The third kappa shape index (κ3) is 49.0. The Bertz CT molecular complexity index is 1330. The summed E-state index contributed by atoms with van der Waals surface area (Å²) in [5.41, 5.74) is 0. The van der Waals surface area contributed by atoms with E-state index in [1.165, 1.54) is 32.1 Å². The first-order valence-electron chi connectivity index (χ1n) is 25.4. The van der Waals surface area contributed by atoms with Gasteiger partial charge >= 0.3 is 17.9 Å². The number of ether oxygens (including phenoxy) is 3. The summed E-state index contributed by atoms with van der Waals surface area (Å²) >= 11 is 0. The molecular weight excluding hydrogens is 781 g/mol. The Labute approximate surface area is 387 Å². The number of rotatable bonds is 44. The van der Waals surface area contributed by atoms with Crippen molar-refractivity contribution in [2.45, 2.75) is 219 Å². The van der Waals surface area contributed by atoms with E-state index in [1.807, 2.05) is 0 Å². The maximum Gasteiger partial charge on any atom is 0.306 e. The minimum absolute atomic E-state index is 0.0827. The molecule has 0 fully saturated rings. The van der Waals surface area contributed by atoms with Gasteiger partial charge in [0.2, 0.25) is 0 Å². The summed E-state index contributed by atoms with van der Waals surface area (Å²) in [6.07, 6.45) is 68.8. The van der Waals surface area contributed by atoms with Gasteiger partial charge in [0.1, 0.15) is 13.2 Å². The first-order chi connectivity index (χ1) is 31.0. The molecular formula is C57H92O6. The van der Waals surface area contributed by atoms with Crippen molar-refractivity contribution >= 4 is 17.9 Å². The highest BCUT2D eigenvalue weighted by molar-refractivity contribution is 5.71. The summed E-state index contributed by atoms with van der Waals surface area (Å²) in [6.45, 7) is 6.31. The molecule has 0 amide bonds. The highest BCUT2D eigenvalue weighted by Gasteiger charge is 2.19. The van der Waals surface area contributed by atoms with Crippen molar-refractivity contribution in [3.8, 4) is 0 Å². The molecule has 0 saturated heterocycles. The fourth-order valence-corrected chi connectivity index (χ4v) is 6.49. The summed E-state index contributed by atoms with van der Waals surface area (Å²) in [5.74, 6) is -0.932. The lowest BCUT2D eigenvalue weighted by atomic mass is 10.1. The summed E-state index contributed by atoms with van der Waals surface area (Å²) in [7, 11) is 0. The minimum atomic E-state index is -0.773. The van der Waals surface area contributed by atoms with Gasteiger partial charge in [-0.25, -0.2) is 0 Å². The van der Waals surface area contributed by atoms with E-state index in [9.17, 15) is 14.4 Å². The maximum atomic E-state index is 12.5. The van der Waals surface area contributed by atoms with Gasteiger partial charge in [-0.15, -0.1) is 0 Å². The summed E-state index contributed by atoms with van der Waals surface area (Å²) in [4.78, 5) is 37.2. The van der Waals surface area contributed by atoms with Gasteiger partial charge in [-0.3, -0.25) is 14.4 Å². The molecule has 0 N–H and O–H groups in total. The van der Waals surface area contributed by atoms with E-state index < -0.39 is 6.10 Å². The zero-order valence-electron chi connectivity index (χ0n) is 40.5. The third-order valence-electron chi connectivity index (χ3n) is 10.3. The molecule has 0 aliphatic heterocycles. The molecule has 0 radical (unpaired) electrons. The number of hydrogen-bond donors (Lipinski definition) is 0. The lowest BCUT2D eigenvalue weighted by molar-refractivity contribution is -0.167. The van der Waals surface area contributed by atoms with Crippen molar-refractivity contribution in [1.29, 1.82) is 0 Å². The molecule has 356 valence electrons.